The molecule has 30 heavy (non-hydrogen) atoms. The Morgan fingerprint density at radius 3 is 2.63 bits per heavy atom. The van der Waals surface area contributed by atoms with E-state index in [1.165, 1.54) is 19.2 Å². The highest BCUT2D eigenvalue weighted by molar-refractivity contribution is 7.89. The van der Waals surface area contributed by atoms with Gasteiger partial charge in [-0.1, -0.05) is 23.7 Å². The summed E-state index contributed by atoms with van der Waals surface area (Å²) in [4.78, 5) is 12.5. The molecular weight excluding hydrogens is 434 g/mol. The number of hydrogen-bond donors (Lipinski definition) is 1. The van der Waals surface area contributed by atoms with Crippen molar-refractivity contribution in [2.75, 3.05) is 40.0 Å². The molecule has 1 heterocycles. The van der Waals surface area contributed by atoms with Gasteiger partial charge in [-0.05, 0) is 29.8 Å². The van der Waals surface area contributed by atoms with Crippen LogP contribution in [0.5, 0.6) is 5.75 Å². The number of ether oxygens (including phenoxy) is 2. The van der Waals surface area contributed by atoms with Crippen molar-refractivity contribution in [1.82, 2.24) is 9.62 Å². The topological polar surface area (TPSA) is 111 Å². The molecule has 11 heteroatoms. The highest BCUT2D eigenvalue weighted by Crippen LogP contribution is 2.30. The molecule has 1 atom stereocenters. The summed E-state index contributed by atoms with van der Waals surface area (Å²) < 4.78 is 38.6. The maximum atomic E-state index is 12.8. The summed E-state index contributed by atoms with van der Waals surface area (Å²) in [7, 11) is -2.71. The highest BCUT2D eigenvalue weighted by atomic mass is 35.5. The van der Waals surface area contributed by atoms with Gasteiger partial charge in [0, 0.05) is 36.8 Å². The number of methoxy groups -OCH3 is 1. The summed E-state index contributed by atoms with van der Waals surface area (Å²) in [5.74, 6) is -0.0101. The van der Waals surface area contributed by atoms with Crippen LogP contribution in [0.4, 0.5) is 5.69 Å². The third kappa shape index (κ3) is 5.27. The normalized spacial score (nSPS) is 16.2. The molecule has 1 unspecified atom stereocenters. The van der Waals surface area contributed by atoms with Crippen LogP contribution in [-0.2, 0) is 14.8 Å². The molecule has 1 aliphatic heterocycles. The lowest BCUT2D eigenvalue weighted by Crippen LogP contribution is -2.43. The second-order valence-corrected chi connectivity index (χ2v) is 8.87. The largest absolute Gasteiger partial charge is 0.490 e. The van der Waals surface area contributed by atoms with Gasteiger partial charge >= 0.3 is 5.69 Å². The Kier molecular flexibility index (Phi) is 7.27. The predicted molar refractivity (Wildman–Crippen MR) is 111 cm³/mol. The van der Waals surface area contributed by atoms with Gasteiger partial charge in [0.15, 0.2) is 5.75 Å². The SMILES string of the molecule is COc1ccc(S(=O)(=O)NCC(c2cccc(Cl)c2)N2CCOCC2)cc1[N+](=O)[O-]. The maximum Gasteiger partial charge on any atom is 0.312 e. The van der Waals surface area contributed by atoms with E-state index in [0.29, 0.717) is 31.3 Å². The van der Waals surface area contributed by atoms with Crippen LogP contribution in [0.25, 0.3) is 0 Å². The van der Waals surface area contributed by atoms with Gasteiger partial charge in [-0.25, -0.2) is 13.1 Å². The summed E-state index contributed by atoms with van der Waals surface area (Å²) in [6.45, 7) is 2.46. The monoisotopic (exact) mass is 455 g/mol. The molecule has 0 spiro atoms. The first kappa shape index (κ1) is 22.4. The smallest absolute Gasteiger partial charge is 0.312 e. The van der Waals surface area contributed by atoms with Crippen LogP contribution in [0.2, 0.25) is 5.02 Å². The van der Waals surface area contributed by atoms with Gasteiger partial charge in [0.1, 0.15) is 0 Å². The Labute approximate surface area is 179 Å². The van der Waals surface area contributed by atoms with E-state index < -0.39 is 20.6 Å². The third-order valence-electron chi connectivity index (χ3n) is 4.84. The summed E-state index contributed by atoms with van der Waals surface area (Å²) >= 11 is 6.13. The molecule has 1 fully saturated rings. The van der Waals surface area contributed by atoms with Crippen LogP contribution in [-0.4, -0.2) is 58.2 Å². The lowest BCUT2D eigenvalue weighted by atomic mass is 10.1. The van der Waals surface area contributed by atoms with Crippen LogP contribution in [0.15, 0.2) is 47.4 Å². The first-order valence-electron chi connectivity index (χ1n) is 9.21. The molecule has 9 nitrogen and oxygen atoms in total. The van der Waals surface area contributed by atoms with Crippen molar-refractivity contribution in [3.63, 3.8) is 0 Å². The molecule has 0 saturated carbocycles. The average Bonchev–Trinajstić information content (AvgIpc) is 2.74. The minimum absolute atomic E-state index is 0.0101. The molecule has 1 saturated heterocycles. The number of nitro benzene ring substituents is 1. The Hall–Kier alpha value is -2.24. The summed E-state index contributed by atoms with van der Waals surface area (Å²) in [5.41, 5.74) is 0.452. The number of morpholine rings is 1. The molecule has 2 aromatic rings. The average molecular weight is 456 g/mol. The zero-order chi connectivity index (χ0) is 21.7. The summed E-state index contributed by atoms with van der Waals surface area (Å²) in [6, 6.07) is 10.5. The number of nitrogens with zero attached hydrogens (tertiary/aromatic N) is 2. The van der Waals surface area contributed by atoms with Gasteiger partial charge in [0.05, 0.1) is 30.1 Å². The van der Waals surface area contributed by atoms with Crippen molar-refractivity contribution >= 4 is 27.3 Å². The van der Waals surface area contributed by atoms with Crippen molar-refractivity contribution in [1.29, 1.82) is 0 Å². The first-order chi connectivity index (χ1) is 14.3. The number of nitro groups is 1. The molecule has 0 aliphatic carbocycles. The number of halogens is 1. The number of nitrogens with one attached hydrogen (secondary N) is 1. The zero-order valence-corrected chi connectivity index (χ0v) is 17.9. The Balaban J connectivity index is 1.85. The van der Waals surface area contributed by atoms with Gasteiger partial charge < -0.3 is 9.47 Å². The molecule has 162 valence electrons. The Morgan fingerprint density at radius 1 is 1.27 bits per heavy atom. The molecule has 1 N–H and O–H groups in total. The molecule has 0 radical (unpaired) electrons. The Bertz CT molecular complexity index is 1010. The first-order valence-corrected chi connectivity index (χ1v) is 11.1. The van der Waals surface area contributed by atoms with Crippen LogP contribution in [0.1, 0.15) is 11.6 Å². The standard InChI is InChI=1S/C19H22ClN3O6S/c1-28-19-6-5-16(12-17(19)23(24)25)30(26,27)21-13-18(22-7-9-29-10-8-22)14-3-2-4-15(20)11-14/h2-6,11-12,18,21H,7-10,13H2,1H3. The summed E-state index contributed by atoms with van der Waals surface area (Å²) in [5, 5.41) is 11.8. The number of rotatable bonds is 8. The van der Waals surface area contributed by atoms with Crippen LogP contribution in [0.3, 0.4) is 0 Å². The fourth-order valence-corrected chi connectivity index (χ4v) is 4.57. The van der Waals surface area contributed by atoms with E-state index in [-0.39, 0.29) is 23.2 Å². The van der Waals surface area contributed by atoms with Gasteiger partial charge in [0.2, 0.25) is 10.0 Å². The summed E-state index contributed by atoms with van der Waals surface area (Å²) in [6.07, 6.45) is 0. The molecule has 3 rings (SSSR count). The van der Waals surface area contributed by atoms with Gasteiger partial charge in [-0.15, -0.1) is 0 Å². The lowest BCUT2D eigenvalue weighted by Gasteiger charge is -2.35. The molecule has 0 amide bonds. The fraction of sp³-hybridized carbons (Fsp3) is 0.368. The zero-order valence-electron chi connectivity index (χ0n) is 16.3. The van der Waals surface area contributed by atoms with Gasteiger partial charge in [-0.2, -0.15) is 0 Å². The lowest BCUT2D eigenvalue weighted by molar-refractivity contribution is -0.386. The van der Waals surface area contributed by atoms with E-state index >= 15 is 0 Å². The van der Waals surface area contributed by atoms with Crippen molar-refractivity contribution < 1.29 is 22.8 Å². The second-order valence-electron chi connectivity index (χ2n) is 6.66. The van der Waals surface area contributed by atoms with E-state index in [9.17, 15) is 18.5 Å². The van der Waals surface area contributed by atoms with E-state index in [1.54, 1.807) is 12.1 Å². The molecule has 2 aromatic carbocycles. The molecule has 0 bridgehead atoms. The van der Waals surface area contributed by atoms with E-state index in [0.717, 1.165) is 11.6 Å². The van der Waals surface area contributed by atoms with Crippen molar-refractivity contribution in [2.45, 2.75) is 10.9 Å². The maximum absolute atomic E-state index is 12.8. The second kappa shape index (κ2) is 9.71. The van der Waals surface area contributed by atoms with Gasteiger partial charge in [-0.3, -0.25) is 15.0 Å². The molecular formula is C19H22ClN3O6S. The molecule has 1 aliphatic rings. The van der Waals surface area contributed by atoms with E-state index in [4.69, 9.17) is 21.1 Å². The van der Waals surface area contributed by atoms with Crippen molar-refractivity contribution in [2.24, 2.45) is 0 Å². The van der Waals surface area contributed by atoms with Crippen LogP contribution in [0, 0.1) is 10.1 Å². The molecule has 0 aromatic heterocycles. The third-order valence-corrected chi connectivity index (χ3v) is 6.50. The minimum atomic E-state index is -3.99. The predicted octanol–water partition coefficient (Wildman–Crippen LogP) is 2.61. The number of hydrogen-bond acceptors (Lipinski definition) is 7. The Morgan fingerprint density at radius 2 is 2.00 bits per heavy atom. The van der Waals surface area contributed by atoms with Crippen molar-refractivity contribution in [3.05, 3.63) is 63.2 Å². The number of benzene rings is 2. The van der Waals surface area contributed by atoms with Gasteiger partial charge in [0.25, 0.3) is 0 Å². The highest BCUT2D eigenvalue weighted by Gasteiger charge is 2.27. The van der Waals surface area contributed by atoms with E-state index in [1.807, 2.05) is 12.1 Å². The number of sulfonamides is 1. The van der Waals surface area contributed by atoms with Crippen LogP contribution >= 0.6 is 11.6 Å². The minimum Gasteiger partial charge on any atom is -0.490 e. The van der Waals surface area contributed by atoms with Crippen LogP contribution < -0.4 is 9.46 Å². The fourth-order valence-electron chi connectivity index (χ4n) is 3.31. The quantitative estimate of drug-likeness (QED) is 0.481. The van der Waals surface area contributed by atoms with E-state index in [2.05, 4.69) is 9.62 Å². The van der Waals surface area contributed by atoms with Crippen molar-refractivity contribution in [3.8, 4) is 5.75 Å².